The van der Waals surface area contributed by atoms with Crippen LogP contribution in [0.5, 0.6) is 0 Å². The highest BCUT2D eigenvalue weighted by Crippen LogP contribution is 2.18. The van der Waals surface area contributed by atoms with E-state index < -0.39 is 4.92 Å². The molecule has 3 rings (SSSR count). The SMILES string of the molecule is CCNC(=NCc1ccccc1[N+](=O)[O-])NCc1nnc2ccccn12. The van der Waals surface area contributed by atoms with Crippen molar-refractivity contribution in [3.63, 3.8) is 0 Å². The van der Waals surface area contributed by atoms with E-state index in [1.807, 2.05) is 35.7 Å². The van der Waals surface area contributed by atoms with E-state index in [-0.39, 0.29) is 12.2 Å². The average Bonchev–Trinajstić information content (AvgIpc) is 3.07. The van der Waals surface area contributed by atoms with Crippen LogP contribution in [0.3, 0.4) is 0 Å². The van der Waals surface area contributed by atoms with E-state index in [4.69, 9.17) is 0 Å². The zero-order valence-corrected chi connectivity index (χ0v) is 14.3. The number of nitrogens with zero attached hydrogens (tertiary/aromatic N) is 5. The molecule has 9 heteroatoms. The summed E-state index contributed by atoms with van der Waals surface area (Å²) >= 11 is 0. The van der Waals surface area contributed by atoms with Gasteiger partial charge in [0, 0.05) is 18.8 Å². The van der Waals surface area contributed by atoms with Crippen molar-refractivity contribution in [1.82, 2.24) is 25.2 Å². The predicted molar refractivity (Wildman–Crippen MR) is 97.7 cm³/mol. The Labute approximate surface area is 149 Å². The molecular formula is C17H19N7O2. The minimum atomic E-state index is -0.395. The molecule has 0 aliphatic heterocycles. The third-order valence-corrected chi connectivity index (χ3v) is 3.74. The lowest BCUT2D eigenvalue weighted by Gasteiger charge is -2.10. The van der Waals surface area contributed by atoms with Gasteiger partial charge >= 0.3 is 0 Å². The van der Waals surface area contributed by atoms with Gasteiger partial charge in [-0.05, 0) is 19.1 Å². The molecule has 2 aromatic heterocycles. The van der Waals surface area contributed by atoms with E-state index in [0.717, 1.165) is 11.5 Å². The number of benzene rings is 1. The number of fused-ring (bicyclic) bond motifs is 1. The highest BCUT2D eigenvalue weighted by molar-refractivity contribution is 5.79. The van der Waals surface area contributed by atoms with Crippen LogP contribution in [-0.4, -0.2) is 32.0 Å². The average molecular weight is 353 g/mol. The molecule has 3 aromatic rings. The Morgan fingerprint density at radius 1 is 1.19 bits per heavy atom. The molecule has 0 aliphatic rings. The van der Waals surface area contributed by atoms with Crippen LogP contribution >= 0.6 is 0 Å². The molecule has 0 saturated heterocycles. The fourth-order valence-corrected chi connectivity index (χ4v) is 2.50. The highest BCUT2D eigenvalue weighted by Gasteiger charge is 2.12. The molecule has 26 heavy (non-hydrogen) atoms. The van der Waals surface area contributed by atoms with Gasteiger partial charge in [-0.3, -0.25) is 14.5 Å². The fourth-order valence-electron chi connectivity index (χ4n) is 2.50. The molecule has 1 aromatic carbocycles. The normalized spacial score (nSPS) is 11.5. The summed E-state index contributed by atoms with van der Waals surface area (Å²) in [6.07, 6.45) is 1.89. The van der Waals surface area contributed by atoms with Crippen LogP contribution < -0.4 is 10.6 Å². The van der Waals surface area contributed by atoms with E-state index in [2.05, 4.69) is 25.8 Å². The number of aliphatic imine (C=N–C) groups is 1. The Morgan fingerprint density at radius 2 is 2.00 bits per heavy atom. The Morgan fingerprint density at radius 3 is 2.81 bits per heavy atom. The third kappa shape index (κ3) is 3.94. The first-order valence-corrected chi connectivity index (χ1v) is 8.22. The molecule has 9 nitrogen and oxygen atoms in total. The van der Waals surface area contributed by atoms with Gasteiger partial charge in [0.2, 0.25) is 0 Å². The summed E-state index contributed by atoms with van der Waals surface area (Å²) in [6.45, 7) is 3.25. The van der Waals surface area contributed by atoms with E-state index in [1.165, 1.54) is 6.07 Å². The second-order valence-electron chi connectivity index (χ2n) is 5.48. The highest BCUT2D eigenvalue weighted by atomic mass is 16.6. The molecule has 0 unspecified atom stereocenters. The van der Waals surface area contributed by atoms with Gasteiger partial charge in [-0.25, -0.2) is 4.99 Å². The molecule has 2 heterocycles. The standard InChI is InChI=1S/C17H19N7O2/c1-2-18-17(19-11-13-7-3-4-8-14(13)24(25)26)20-12-16-22-21-15-9-5-6-10-23(15)16/h3-10H,2,11-12H2,1H3,(H2,18,19,20). The molecule has 0 aliphatic carbocycles. The smallest absolute Gasteiger partial charge is 0.274 e. The zero-order chi connectivity index (χ0) is 18.4. The number of aromatic nitrogens is 3. The van der Waals surface area contributed by atoms with Crippen LogP contribution in [0.15, 0.2) is 53.7 Å². The van der Waals surface area contributed by atoms with Gasteiger partial charge in [-0.1, -0.05) is 24.3 Å². The minimum absolute atomic E-state index is 0.0653. The number of nitrogens with one attached hydrogen (secondary N) is 2. The van der Waals surface area contributed by atoms with Crippen molar-refractivity contribution in [1.29, 1.82) is 0 Å². The van der Waals surface area contributed by atoms with Crippen LogP contribution in [0.4, 0.5) is 5.69 Å². The zero-order valence-electron chi connectivity index (χ0n) is 14.3. The Kier molecular flexibility index (Phi) is 5.37. The molecule has 0 fully saturated rings. The van der Waals surface area contributed by atoms with Crippen LogP contribution in [-0.2, 0) is 13.1 Å². The van der Waals surface area contributed by atoms with Crippen LogP contribution in [0, 0.1) is 10.1 Å². The van der Waals surface area contributed by atoms with E-state index in [1.54, 1.807) is 18.2 Å². The summed E-state index contributed by atoms with van der Waals surface area (Å²) < 4.78 is 1.89. The monoisotopic (exact) mass is 353 g/mol. The molecule has 134 valence electrons. The molecular weight excluding hydrogens is 334 g/mol. The summed E-state index contributed by atoms with van der Waals surface area (Å²) in [4.78, 5) is 15.1. The van der Waals surface area contributed by atoms with E-state index in [9.17, 15) is 10.1 Å². The summed E-state index contributed by atoms with van der Waals surface area (Å²) in [5.74, 6) is 1.30. The largest absolute Gasteiger partial charge is 0.357 e. The maximum Gasteiger partial charge on any atom is 0.274 e. The molecule has 2 N–H and O–H groups in total. The van der Waals surface area contributed by atoms with Crippen molar-refractivity contribution in [3.8, 4) is 0 Å². The fraction of sp³-hybridized carbons (Fsp3) is 0.235. The Bertz CT molecular complexity index is 936. The van der Waals surface area contributed by atoms with Gasteiger partial charge in [0.1, 0.15) is 0 Å². The molecule has 0 radical (unpaired) electrons. The number of rotatable bonds is 6. The van der Waals surface area contributed by atoms with Crippen molar-refractivity contribution in [3.05, 3.63) is 70.2 Å². The Balaban J connectivity index is 1.73. The minimum Gasteiger partial charge on any atom is -0.357 e. The predicted octanol–water partition coefficient (Wildman–Crippen LogP) is 1.89. The summed E-state index contributed by atoms with van der Waals surface area (Å²) in [5, 5.41) is 25.7. The molecule has 0 amide bonds. The topological polar surface area (TPSA) is 110 Å². The van der Waals surface area contributed by atoms with Gasteiger partial charge in [-0.2, -0.15) is 0 Å². The lowest BCUT2D eigenvalue weighted by Crippen LogP contribution is -2.37. The number of hydrogen-bond acceptors (Lipinski definition) is 5. The second-order valence-corrected chi connectivity index (χ2v) is 5.48. The second kappa shape index (κ2) is 8.06. The number of hydrogen-bond donors (Lipinski definition) is 2. The van der Waals surface area contributed by atoms with Crippen molar-refractivity contribution in [2.24, 2.45) is 4.99 Å². The van der Waals surface area contributed by atoms with E-state index in [0.29, 0.717) is 24.6 Å². The van der Waals surface area contributed by atoms with Gasteiger partial charge in [0.05, 0.1) is 23.6 Å². The van der Waals surface area contributed by atoms with Gasteiger partial charge in [0.15, 0.2) is 17.4 Å². The van der Waals surface area contributed by atoms with Crippen molar-refractivity contribution < 1.29 is 4.92 Å². The number of guanidine groups is 1. The number of para-hydroxylation sites is 1. The van der Waals surface area contributed by atoms with Crippen LogP contribution in [0.25, 0.3) is 5.65 Å². The van der Waals surface area contributed by atoms with Gasteiger partial charge in [-0.15, -0.1) is 10.2 Å². The first-order chi connectivity index (χ1) is 12.7. The first-order valence-electron chi connectivity index (χ1n) is 8.22. The maximum absolute atomic E-state index is 11.1. The summed E-state index contributed by atoms with van der Waals surface area (Å²) in [5.41, 5.74) is 1.39. The number of pyridine rings is 1. The summed E-state index contributed by atoms with van der Waals surface area (Å²) in [6, 6.07) is 12.3. The number of nitro groups is 1. The summed E-state index contributed by atoms with van der Waals surface area (Å²) in [7, 11) is 0. The molecule has 0 atom stereocenters. The van der Waals surface area contributed by atoms with Crippen molar-refractivity contribution in [2.45, 2.75) is 20.0 Å². The lowest BCUT2D eigenvalue weighted by atomic mass is 10.2. The third-order valence-electron chi connectivity index (χ3n) is 3.74. The van der Waals surface area contributed by atoms with Crippen LogP contribution in [0.1, 0.15) is 18.3 Å². The molecule has 0 spiro atoms. The Hall–Kier alpha value is -3.49. The van der Waals surface area contributed by atoms with Gasteiger partial charge in [0.25, 0.3) is 5.69 Å². The maximum atomic E-state index is 11.1. The van der Waals surface area contributed by atoms with Crippen molar-refractivity contribution >= 4 is 17.3 Å². The van der Waals surface area contributed by atoms with Crippen LogP contribution in [0.2, 0.25) is 0 Å². The molecule has 0 bridgehead atoms. The first kappa shape index (κ1) is 17.3. The van der Waals surface area contributed by atoms with E-state index >= 15 is 0 Å². The molecule has 0 saturated carbocycles. The van der Waals surface area contributed by atoms with Crippen molar-refractivity contribution in [2.75, 3.05) is 6.54 Å². The quantitative estimate of drug-likeness (QED) is 0.303. The van der Waals surface area contributed by atoms with Gasteiger partial charge < -0.3 is 10.6 Å². The lowest BCUT2D eigenvalue weighted by molar-refractivity contribution is -0.385. The number of nitro benzene ring substituents is 1.